The molecule has 3 aromatic rings. The van der Waals surface area contributed by atoms with Crippen LogP contribution in [0.2, 0.25) is 5.02 Å². The highest BCUT2D eigenvalue weighted by atomic mass is 35.5. The number of esters is 1. The molecule has 1 atom stereocenters. The van der Waals surface area contributed by atoms with Gasteiger partial charge in [0.2, 0.25) is 10.0 Å². The van der Waals surface area contributed by atoms with E-state index in [1.807, 2.05) is 6.07 Å². The van der Waals surface area contributed by atoms with Crippen LogP contribution in [0.5, 0.6) is 0 Å². The third-order valence-corrected chi connectivity index (χ3v) is 6.36. The zero-order valence-electron chi connectivity index (χ0n) is 17.7. The number of para-hydroxylation sites is 2. The standard InChI is InChI=1S/C22H21ClN4O5S/c1-13(2)20(27-33(30,31)15-7-5-6-14(23)10-15)22(29)32-12-19(28)16(11-24)21-25-17-8-3-4-9-18(17)26-21/h3-10,13,20,27-28H,12H2,1-2H3,(H,25,26)/b19-16-. The summed E-state index contributed by atoms with van der Waals surface area (Å²) in [5, 5.41) is 20.1. The lowest BCUT2D eigenvalue weighted by Crippen LogP contribution is -2.45. The van der Waals surface area contributed by atoms with Gasteiger partial charge in [-0.3, -0.25) is 4.79 Å². The summed E-state index contributed by atoms with van der Waals surface area (Å²) in [6.07, 6.45) is 0. The molecule has 2 aromatic carbocycles. The van der Waals surface area contributed by atoms with E-state index in [2.05, 4.69) is 14.7 Å². The van der Waals surface area contributed by atoms with E-state index in [0.717, 1.165) is 0 Å². The molecule has 3 N–H and O–H groups in total. The van der Waals surface area contributed by atoms with Gasteiger partial charge in [0.25, 0.3) is 0 Å². The fraction of sp³-hybridized carbons (Fsp3) is 0.227. The molecule has 0 fully saturated rings. The van der Waals surface area contributed by atoms with Crippen LogP contribution in [-0.4, -0.2) is 42.1 Å². The molecule has 1 heterocycles. The average molecular weight is 489 g/mol. The second-order valence-electron chi connectivity index (χ2n) is 7.44. The molecule has 11 heteroatoms. The largest absolute Gasteiger partial charge is 0.507 e. The zero-order chi connectivity index (χ0) is 24.2. The first-order valence-corrected chi connectivity index (χ1v) is 11.7. The van der Waals surface area contributed by atoms with Crippen molar-refractivity contribution in [2.75, 3.05) is 6.61 Å². The number of rotatable bonds is 8. The van der Waals surface area contributed by atoms with E-state index in [9.17, 15) is 23.6 Å². The number of aliphatic hydroxyl groups excluding tert-OH is 1. The number of aromatic amines is 1. The van der Waals surface area contributed by atoms with Gasteiger partial charge in [-0.15, -0.1) is 0 Å². The molecular weight excluding hydrogens is 468 g/mol. The molecule has 0 saturated carbocycles. The van der Waals surface area contributed by atoms with Crippen LogP contribution >= 0.6 is 11.6 Å². The molecule has 0 aliphatic heterocycles. The summed E-state index contributed by atoms with van der Waals surface area (Å²) in [5.41, 5.74) is 1.07. The van der Waals surface area contributed by atoms with Crippen molar-refractivity contribution >= 4 is 44.2 Å². The highest BCUT2D eigenvalue weighted by molar-refractivity contribution is 7.89. The number of sulfonamides is 1. The lowest BCUT2D eigenvalue weighted by Gasteiger charge is -2.21. The number of ether oxygens (including phenoxy) is 1. The van der Waals surface area contributed by atoms with Crippen molar-refractivity contribution in [1.82, 2.24) is 14.7 Å². The van der Waals surface area contributed by atoms with Gasteiger partial charge in [0.05, 0.1) is 15.9 Å². The maximum absolute atomic E-state index is 12.7. The maximum Gasteiger partial charge on any atom is 0.324 e. The fourth-order valence-electron chi connectivity index (χ4n) is 2.95. The highest BCUT2D eigenvalue weighted by Crippen LogP contribution is 2.20. The van der Waals surface area contributed by atoms with Crippen molar-refractivity contribution in [3.05, 3.63) is 65.1 Å². The van der Waals surface area contributed by atoms with Gasteiger partial charge in [-0.05, 0) is 36.2 Å². The van der Waals surface area contributed by atoms with Crippen LogP contribution in [0.15, 0.2) is 59.2 Å². The number of H-pyrrole nitrogens is 1. The Bertz CT molecular complexity index is 1330. The van der Waals surface area contributed by atoms with Crippen LogP contribution in [0.4, 0.5) is 0 Å². The predicted molar refractivity (Wildman–Crippen MR) is 123 cm³/mol. The molecule has 172 valence electrons. The molecule has 0 amide bonds. The number of nitrogens with zero attached hydrogens (tertiary/aromatic N) is 2. The summed E-state index contributed by atoms with van der Waals surface area (Å²) in [7, 11) is -4.07. The van der Waals surface area contributed by atoms with Gasteiger partial charge < -0.3 is 14.8 Å². The molecule has 3 rings (SSSR count). The Morgan fingerprint density at radius 1 is 1.27 bits per heavy atom. The van der Waals surface area contributed by atoms with Gasteiger partial charge in [0.15, 0.2) is 11.6 Å². The monoisotopic (exact) mass is 488 g/mol. The number of carbonyl (C=O) groups excluding carboxylic acids is 1. The third kappa shape index (κ3) is 5.70. The zero-order valence-corrected chi connectivity index (χ0v) is 19.3. The Hall–Kier alpha value is -3.39. The number of benzene rings is 2. The van der Waals surface area contributed by atoms with Crippen LogP contribution in [0.1, 0.15) is 19.7 Å². The van der Waals surface area contributed by atoms with Gasteiger partial charge in [0.1, 0.15) is 24.3 Å². The Morgan fingerprint density at radius 2 is 2.00 bits per heavy atom. The van der Waals surface area contributed by atoms with Crippen molar-refractivity contribution in [2.24, 2.45) is 5.92 Å². The molecule has 0 bridgehead atoms. The van der Waals surface area contributed by atoms with Gasteiger partial charge in [-0.1, -0.05) is 43.6 Å². The summed E-state index contributed by atoms with van der Waals surface area (Å²) in [5.74, 6) is -1.79. The molecule has 1 unspecified atom stereocenters. The van der Waals surface area contributed by atoms with Crippen LogP contribution in [0.3, 0.4) is 0 Å². The molecule has 0 radical (unpaired) electrons. The lowest BCUT2D eigenvalue weighted by molar-refractivity contribution is -0.146. The van der Waals surface area contributed by atoms with E-state index in [1.54, 1.807) is 38.1 Å². The Kier molecular flexibility index (Phi) is 7.38. The van der Waals surface area contributed by atoms with Crippen LogP contribution in [0, 0.1) is 17.2 Å². The number of nitrogens with one attached hydrogen (secondary N) is 2. The molecule has 0 saturated heterocycles. The molecule has 9 nitrogen and oxygen atoms in total. The molecule has 0 aliphatic rings. The first kappa shape index (κ1) is 24.3. The molecule has 0 aliphatic carbocycles. The summed E-state index contributed by atoms with van der Waals surface area (Å²) in [4.78, 5) is 19.7. The fourth-order valence-corrected chi connectivity index (χ4v) is 4.59. The summed E-state index contributed by atoms with van der Waals surface area (Å²) < 4.78 is 32.8. The molecule has 1 aromatic heterocycles. The topological polar surface area (TPSA) is 145 Å². The number of carbonyl (C=O) groups is 1. The second-order valence-corrected chi connectivity index (χ2v) is 9.59. The van der Waals surface area contributed by atoms with Crippen molar-refractivity contribution in [2.45, 2.75) is 24.8 Å². The minimum Gasteiger partial charge on any atom is -0.507 e. The number of imidazole rings is 1. The van der Waals surface area contributed by atoms with Gasteiger partial charge >= 0.3 is 5.97 Å². The molecular formula is C22H21ClN4O5S. The highest BCUT2D eigenvalue weighted by Gasteiger charge is 2.30. The maximum atomic E-state index is 12.7. The van der Waals surface area contributed by atoms with Gasteiger partial charge in [0, 0.05) is 5.02 Å². The Balaban J connectivity index is 1.76. The summed E-state index contributed by atoms with van der Waals surface area (Å²) in [6.45, 7) is 2.63. The van der Waals surface area contributed by atoms with Gasteiger partial charge in [-0.25, -0.2) is 13.4 Å². The van der Waals surface area contributed by atoms with Gasteiger partial charge in [-0.2, -0.15) is 9.98 Å². The van der Waals surface area contributed by atoms with E-state index >= 15 is 0 Å². The van der Waals surface area contributed by atoms with Crippen molar-refractivity contribution in [1.29, 1.82) is 5.26 Å². The number of nitriles is 1. The lowest BCUT2D eigenvalue weighted by atomic mass is 10.1. The van der Waals surface area contributed by atoms with E-state index in [1.165, 1.54) is 24.3 Å². The SMILES string of the molecule is CC(C)C(NS(=O)(=O)c1cccc(Cl)c1)C(=O)OC/C(O)=C(\C#N)c1nc2ccccc2[nH]1. The first-order valence-electron chi connectivity index (χ1n) is 9.84. The Morgan fingerprint density at radius 3 is 2.64 bits per heavy atom. The van der Waals surface area contributed by atoms with Crippen molar-refractivity contribution in [3.63, 3.8) is 0 Å². The van der Waals surface area contributed by atoms with Crippen molar-refractivity contribution < 1.29 is 23.1 Å². The van der Waals surface area contributed by atoms with Crippen LogP contribution in [0.25, 0.3) is 16.6 Å². The van der Waals surface area contributed by atoms with E-state index < -0.39 is 40.3 Å². The van der Waals surface area contributed by atoms with Crippen LogP contribution in [-0.2, 0) is 19.6 Å². The number of halogens is 1. The third-order valence-electron chi connectivity index (χ3n) is 4.69. The van der Waals surface area contributed by atoms with E-state index in [4.69, 9.17) is 16.3 Å². The van der Waals surface area contributed by atoms with Crippen LogP contribution < -0.4 is 4.72 Å². The quantitative estimate of drug-likeness (QED) is 0.249. The normalized spacial score (nSPS) is 13.4. The minimum absolute atomic E-state index is 0.104. The van der Waals surface area contributed by atoms with E-state index in [-0.39, 0.29) is 21.3 Å². The first-order chi connectivity index (χ1) is 15.6. The molecule has 33 heavy (non-hydrogen) atoms. The predicted octanol–water partition coefficient (Wildman–Crippen LogP) is 3.56. The number of aromatic nitrogens is 2. The minimum atomic E-state index is -4.07. The van der Waals surface area contributed by atoms with E-state index in [0.29, 0.717) is 11.0 Å². The Labute approximate surface area is 195 Å². The smallest absolute Gasteiger partial charge is 0.324 e. The van der Waals surface area contributed by atoms with Crippen molar-refractivity contribution in [3.8, 4) is 6.07 Å². The summed E-state index contributed by atoms with van der Waals surface area (Å²) >= 11 is 5.87. The number of fused-ring (bicyclic) bond motifs is 1. The number of hydrogen-bond donors (Lipinski definition) is 3. The second kappa shape index (κ2) is 10.0. The number of allylic oxidation sites excluding steroid dienone is 1. The average Bonchev–Trinajstić information content (AvgIpc) is 3.20. The summed E-state index contributed by atoms with van der Waals surface area (Å²) in [6, 6.07) is 13.3. The molecule has 0 spiro atoms. The number of hydrogen-bond acceptors (Lipinski definition) is 7. The number of aliphatic hydroxyl groups is 1.